The summed E-state index contributed by atoms with van der Waals surface area (Å²) in [5, 5.41) is 4.76. The highest BCUT2D eigenvalue weighted by Crippen LogP contribution is 2.28. The van der Waals surface area contributed by atoms with Crippen molar-refractivity contribution in [3.8, 4) is 5.75 Å². The van der Waals surface area contributed by atoms with E-state index >= 15 is 0 Å². The van der Waals surface area contributed by atoms with Crippen molar-refractivity contribution in [3.05, 3.63) is 59.1 Å². The molecule has 2 aromatic carbocycles. The van der Waals surface area contributed by atoms with Crippen molar-refractivity contribution in [2.75, 3.05) is 20.8 Å². The van der Waals surface area contributed by atoms with Crippen molar-refractivity contribution in [3.63, 3.8) is 0 Å². The molecule has 3 aromatic rings. The number of oxime groups is 1. The number of methoxy groups -OCH3 is 1. The van der Waals surface area contributed by atoms with Crippen LogP contribution in [-0.4, -0.2) is 42.8 Å². The van der Waals surface area contributed by atoms with E-state index in [0.717, 1.165) is 26.5 Å². The zero-order valence-electron chi connectivity index (χ0n) is 15.5. The lowest BCUT2D eigenvalue weighted by Gasteiger charge is -2.22. The fourth-order valence-electron chi connectivity index (χ4n) is 2.43. The quantitative estimate of drug-likeness (QED) is 0.459. The van der Waals surface area contributed by atoms with Crippen molar-refractivity contribution in [2.24, 2.45) is 5.16 Å². The summed E-state index contributed by atoms with van der Waals surface area (Å²) >= 11 is 1.59. The minimum absolute atomic E-state index is 0.127. The van der Waals surface area contributed by atoms with Crippen LogP contribution in [0.4, 0.5) is 0 Å². The van der Waals surface area contributed by atoms with Crippen molar-refractivity contribution >= 4 is 33.7 Å². The van der Waals surface area contributed by atoms with Gasteiger partial charge in [0.1, 0.15) is 10.8 Å². The van der Waals surface area contributed by atoms with Gasteiger partial charge in [-0.15, -0.1) is 11.3 Å². The van der Waals surface area contributed by atoms with E-state index in [2.05, 4.69) is 10.1 Å². The molecule has 0 saturated carbocycles. The maximum absolute atomic E-state index is 12.4. The van der Waals surface area contributed by atoms with Gasteiger partial charge in [-0.25, -0.2) is 4.98 Å². The van der Waals surface area contributed by atoms with Gasteiger partial charge in [-0.2, -0.15) is 0 Å². The smallest absolute Gasteiger partial charge is 0.263 e. The molecule has 1 aromatic heterocycles. The molecule has 0 spiro atoms. The lowest BCUT2D eigenvalue weighted by Crippen LogP contribution is -2.32. The summed E-state index contributed by atoms with van der Waals surface area (Å²) in [6, 6.07) is 15.2. The fourth-order valence-corrected chi connectivity index (χ4v) is 3.50. The molecule has 0 radical (unpaired) electrons. The van der Waals surface area contributed by atoms with Crippen molar-refractivity contribution in [2.45, 2.75) is 13.0 Å². The number of ether oxygens (including phenoxy) is 1. The number of hydrogen-bond acceptors (Lipinski definition) is 6. The first-order valence-corrected chi connectivity index (χ1v) is 9.30. The summed E-state index contributed by atoms with van der Waals surface area (Å²) in [7, 11) is 3.36. The van der Waals surface area contributed by atoms with E-state index in [1.165, 1.54) is 0 Å². The molecular formula is C20H21N3O3S. The molecule has 0 saturated heterocycles. The van der Waals surface area contributed by atoms with Gasteiger partial charge in [0.15, 0.2) is 6.61 Å². The second-order valence-electron chi connectivity index (χ2n) is 5.98. The number of hydrogen-bond donors (Lipinski definition) is 0. The zero-order valence-corrected chi connectivity index (χ0v) is 16.3. The van der Waals surface area contributed by atoms with E-state index in [1.807, 2.05) is 55.5 Å². The number of carbonyl (C=O) groups excluding carboxylic acids is 1. The van der Waals surface area contributed by atoms with Crippen molar-refractivity contribution < 1.29 is 14.4 Å². The highest BCUT2D eigenvalue weighted by Gasteiger charge is 2.21. The normalized spacial score (nSPS) is 12.3. The Morgan fingerprint density at radius 1 is 1.26 bits per heavy atom. The first-order chi connectivity index (χ1) is 13.1. The first kappa shape index (κ1) is 18.8. The van der Waals surface area contributed by atoms with Gasteiger partial charge < -0.3 is 14.5 Å². The highest BCUT2D eigenvalue weighted by molar-refractivity contribution is 7.18. The molecule has 0 unspecified atom stereocenters. The number of rotatable bonds is 7. The van der Waals surface area contributed by atoms with Crippen LogP contribution in [0.3, 0.4) is 0 Å². The minimum atomic E-state index is -0.159. The van der Waals surface area contributed by atoms with Crippen LogP contribution in [0.15, 0.2) is 53.7 Å². The third-order valence-corrected chi connectivity index (χ3v) is 5.43. The van der Waals surface area contributed by atoms with Crippen molar-refractivity contribution in [1.82, 2.24) is 9.88 Å². The molecule has 7 heteroatoms. The molecule has 3 rings (SSSR count). The first-order valence-electron chi connectivity index (χ1n) is 8.49. The van der Waals surface area contributed by atoms with Crippen LogP contribution in [0.1, 0.15) is 23.5 Å². The molecule has 1 heterocycles. The Kier molecular flexibility index (Phi) is 6.03. The zero-order chi connectivity index (χ0) is 19.2. The van der Waals surface area contributed by atoms with Gasteiger partial charge in [0, 0.05) is 7.05 Å². The fraction of sp³-hybridized carbons (Fsp3) is 0.250. The van der Waals surface area contributed by atoms with E-state index in [-0.39, 0.29) is 18.6 Å². The van der Waals surface area contributed by atoms with Crippen molar-refractivity contribution in [1.29, 1.82) is 0 Å². The third-order valence-electron chi connectivity index (χ3n) is 4.22. The molecule has 0 fully saturated rings. The average Bonchev–Trinajstić information content (AvgIpc) is 3.14. The predicted molar refractivity (Wildman–Crippen MR) is 107 cm³/mol. The summed E-state index contributed by atoms with van der Waals surface area (Å²) < 4.78 is 6.21. The molecule has 27 heavy (non-hydrogen) atoms. The number of benzene rings is 2. The molecule has 6 nitrogen and oxygen atoms in total. The highest BCUT2D eigenvalue weighted by atomic mass is 32.1. The Hall–Kier alpha value is -2.93. The largest absolute Gasteiger partial charge is 0.497 e. The third kappa shape index (κ3) is 4.62. The SMILES string of the molecule is COc1ccc(/C=N\OCC(=O)N(C)[C@H](C)c2nc3ccccc3s2)cc1. The maximum Gasteiger partial charge on any atom is 0.263 e. The summed E-state index contributed by atoms with van der Waals surface area (Å²) in [5.41, 5.74) is 1.81. The molecule has 140 valence electrons. The molecule has 0 aliphatic carbocycles. The van der Waals surface area contributed by atoms with Gasteiger partial charge in [0.2, 0.25) is 0 Å². The van der Waals surface area contributed by atoms with Gasteiger partial charge in [-0.3, -0.25) is 4.79 Å². The molecule has 1 amide bonds. The number of carbonyl (C=O) groups is 1. The lowest BCUT2D eigenvalue weighted by atomic mass is 10.2. The average molecular weight is 383 g/mol. The Morgan fingerprint density at radius 2 is 2.00 bits per heavy atom. The molecule has 0 aliphatic heterocycles. The van der Waals surface area contributed by atoms with Gasteiger partial charge in [0.05, 0.1) is 29.6 Å². The Balaban J connectivity index is 1.54. The summed E-state index contributed by atoms with van der Waals surface area (Å²) in [6.45, 7) is 1.83. The van der Waals surface area contributed by atoms with E-state index < -0.39 is 0 Å². The number of para-hydroxylation sites is 1. The molecule has 0 N–H and O–H groups in total. The Morgan fingerprint density at radius 3 is 2.70 bits per heavy atom. The van der Waals surface area contributed by atoms with E-state index in [4.69, 9.17) is 9.57 Å². The molecule has 0 bridgehead atoms. The van der Waals surface area contributed by atoms with Crippen LogP contribution in [0.25, 0.3) is 10.2 Å². The van der Waals surface area contributed by atoms with Crippen LogP contribution in [-0.2, 0) is 9.63 Å². The number of aromatic nitrogens is 1. The topological polar surface area (TPSA) is 64.0 Å². The van der Waals surface area contributed by atoms with E-state index in [0.29, 0.717) is 0 Å². The van der Waals surface area contributed by atoms with Crippen LogP contribution in [0, 0.1) is 0 Å². The predicted octanol–water partition coefficient (Wildman–Crippen LogP) is 3.88. The van der Waals surface area contributed by atoms with Gasteiger partial charge in [0.25, 0.3) is 5.91 Å². The van der Waals surface area contributed by atoms with Crippen LogP contribution in [0.2, 0.25) is 0 Å². The number of amides is 1. The van der Waals surface area contributed by atoms with E-state index in [9.17, 15) is 4.79 Å². The number of nitrogens with zero attached hydrogens (tertiary/aromatic N) is 3. The summed E-state index contributed by atoms with van der Waals surface area (Å²) in [6.07, 6.45) is 1.56. The second kappa shape index (κ2) is 8.64. The standard InChI is InChI=1S/C20H21N3O3S/c1-14(20-22-17-6-4-5-7-18(17)27-20)23(2)19(24)13-26-21-12-15-8-10-16(25-3)11-9-15/h4-12,14H,13H2,1-3H3/b21-12-/t14-/m1/s1. The van der Waals surface area contributed by atoms with E-state index in [1.54, 1.807) is 36.6 Å². The minimum Gasteiger partial charge on any atom is -0.497 e. The maximum atomic E-state index is 12.4. The molecule has 0 aliphatic rings. The Labute approximate surface area is 162 Å². The van der Waals surface area contributed by atoms with Crippen LogP contribution < -0.4 is 4.74 Å². The van der Waals surface area contributed by atoms with Crippen LogP contribution in [0.5, 0.6) is 5.75 Å². The second-order valence-corrected chi connectivity index (χ2v) is 7.04. The van der Waals surface area contributed by atoms with Gasteiger partial charge >= 0.3 is 0 Å². The van der Waals surface area contributed by atoms with Gasteiger partial charge in [-0.05, 0) is 48.9 Å². The van der Waals surface area contributed by atoms with Gasteiger partial charge in [-0.1, -0.05) is 17.3 Å². The van der Waals surface area contributed by atoms with Crippen LogP contribution >= 0.6 is 11.3 Å². The molecule has 1 atom stereocenters. The number of fused-ring (bicyclic) bond motifs is 1. The Bertz CT molecular complexity index is 904. The monoisotopic (exact) mass is 383 g/mol. The lowest BCUT2D eigenvalue weighted by molar-refractivity contribution is -0.136. The number of thiazole rings is 1. The number of likely N-dealkylation sites (N-methyl/N-ethyl adjacent to an activating group) is 1. The summed E-state index contributed by atoms with van der Waals surface area (Å²) in [5.74, 6) is 0.613. The summed E-state index contributed by atoms with van der Waals surface area (Å²) in [4.78, 5) is 23.7. The molecular weight excluding hydrogens is 362 g/mol.